The molecule has 0 aromatic heterocycles. The average molecular weight is 186 g/mol. The number of hydrogen-bond acceptors (Lipinski definition) is 0. The first-order valence-corrected chi connectivity index (χ1v) is 5.64. The molecule has 4 bridgehead atoms. The van der Waals surface area contributed by atoms with Crippen LogP contribution in [-0.4, -0.2) is 0 Å². The monoisotopic (exact) mass is 186 g/mol. The van der Waals surface area contributed by atoms with Crippen LogP contribution < -0.4 is 0 Å². The van der Waals surface area contributed by atoms with E-state index in [1.807, 2.05) is 0 Å². The van der Waals surface area contributed by atoms with Gasteiger partial charge in [-0.05, 0) is 23.8 Å². The summed E-state index contributed by atoms with van der Waals surface area (Å²) in [5.74, 6) is 0.745. The van der Waals surface area contributed by atoms with Gasteiger partial charge in [-0.15, -0.1) is 0 Å². The minimum absolute atomic E-state index is 0.289. The fourth-order valence-corrected chi connectivity index (χ4v) is 3.61. The molecule has 0 heteroatoms. The van der Waals surface area contributed by atoms with Crippen LogP contribution in [0.5, 0.6) is 0 Å². The molecule has 0 spiro atoms. The van der Waals surface area contributed by atoms with Crippen molar-refractivity contribution in [2.45, 2.75) is 33.6 Å². The normalized spacial score (nSPS) is 42.1. The fourth-order valence-electron chi connectivity index (χ4n) is 3.61. The maximum Gasteiger partial charge on any atom is 0.00461 e. The molecule has 0 saturated heterocycles. The summed E-state index contributed by atoms with van der Waals surface area (Å²) in [6.07, 6.45) is 12.2. The highest BCUT2D eigenvalue weighted by Gasteiger charge is 2.47. The molecule has 0 N–H and O–H groups in total. The van der Waals surface area contributed by atoms with Gasteiger partial charge in [0.1, 0.15) is 0 Å². The molecule has 0 nitrogen and oxygen atoms in total. The van der Waals surface area contributed by atoms with Crippen LogP contribution in [0.25, 0.3) is 0 Å². The van der Waals surface area contributed by atoms with Crippen molar-refractivity contribution in [2.24, 2.45) is 16.7 Å². The van der Waals surface area contributed by atoms with E-state index in [1.54, 1.807) is 11.1 Å². The van der Waals surface area contributed by atoms with Gasteiger partial charge in [0.25, 0.3) is 0 Å². The summed E-state index contributed by atoms with van der Waals surface area (Å²) in [5, 5.41) is 0. The Morgan fingerprint density at radius 2 is 2.07 bits per heavy atom. The highest BCUT2D eigenvalue weighted by molar-refractivity contribution is 5.51. The Kier molecular flexibility index (Phi) is 1.36. The van der Waals surface area contributed by atoms with Crippen molar-refractivity contribution in [1.29, 1.82) is 0 Å². The van der Waals surface area contributed by atoms with Gasteiger partial charge in [-0.1, -0.05) is 50.6 Å². The predicted molar refractivity (Wildman–Crippen MR) is 59.9 cm³/mol. The van der Waals surface area contributed by atoms with Crippen LogP contribution in [0.1, 0.15) is 33.6 Å². The third kappa shape index (κ3) is 0.846. The second-order valence-electron chi connectivity index (χ2n) is 5.89. The largest absolute Gasteiger partial charge is 0.0868 e. The summed E-state index contributed by atoms with van der Waals surface area (Å²) in [7, 11) is 0. The van der Waals surface area contributed by atoms with Crippen molar-refractivity contribution in [3.63, 3.8) is 0 Å². The van der Waals surface area contributed by atoms with Crippen molar-refractivity contribution < 1.29 is 0 Å². The molecule has 0 amide bonds. The molecule has 2 unspecified atom stereocenters. The smallest absolute Gasteiger partial charge is 0.00461 e. The maximum atomic E-state index is 2.43. The second-order valence-corrected chi connectivity index (χ2v) is 5.89. The topological polar surface area (TPSA) is 0 Å². The highest BCUT2D eigenvalue weighted by atomic mass is 14.5. The van der Waals surface area contributed by atoms with E-state index in [9.17, 15) is 0 Å². The Labute approximate surface area is 86.4 Å². The van der Waals surface area contributed by atoms with Crippen molar-refractivity contribution in [3.8, 4) is 0 Å². The summed E-state index contributed by atoms with van der Waals surface area (Å²) in [6.45, 7) is 7.14. The first kappa shape index (κ1) is 8.52. The van der Waals surface area contributed by atoms with Gasteiger partial charge in [0, 0.05) is 11.3 Å². The molecule has 0 aromatic carbocycles. The van der Waals surface area contributed by atoms with E-state index in [1.165, 1.54) is 12.8 Å². The zero-order valence-electron chi connectivity index (χ0n) is 9.30. The van der Waals surface area contributed by atoms with Gasteiger partial charge in [-0.25, -0.2) is 0 Å². The summed E-state index contributed by atoms with van der Waals surface area (Å²) in [6, 6.07) is 0. The third-order valence-electron chi connectivity index (χ3n) is 4.27. The van der Waals surface area contributed by atoms with Gasteiger partial charge in [-0.3, -0.25) is 0 Å². The van der Waals surface area contributed by atoms with Crippen LogP contribution in [0.2, 0.25) is 0 Å². The first-order valence-electron chi connectivity index (χ1n) is 5.64. The van der Waals surface area contributed by atoms with Crippen molar-refractivity contribution in [1.82, 2.24) is 0 Å². The molecular weight excluding hydrogens is 168 g/mol. The molecular formula is C14H18. The lowest BCUT2D eigenvalue weighted by molar-refractivity contribution is 0.363. The Morgan fingerprint density at radius 3 is 2.86 bits per heavy atom. The van der Waals surface area contributed by atoms with E-state index in [-0.39, 0.29) is 5.41 Å². The summed E-state index contributed by atoms with van der Waals surface area (Å²) < 4.78 is 0. The van der Waals surface area contributed by atoms with Crippen LogP contribution in [0.15, 0.2) is 35.5 Å². The van der Waals surface area contributed by atoms with E-state index < -0.39 is 0 Å². The van der Waals surface area contributed by atoms with Crippen LogP contribution in [0.3, 0.4) is 0 Å². The summed E-state index contributed by atoms with van der Waals surface area (Å²) >= 11 is 0. The van der Waals surface area contributed by atoms with E-state index in [4.69, 9.17) is 0 Å². The van der Waals surface area contributed by atoms with Crippen molar-refractivity contribution in [2.75, 3.05) is 0 Å². The number of rotatable bonds is 0. The number of allylic oxidation sites excluding steroid dienone is 6. The molecule has 3 aliphatic rings. The Morgan fingerprint density at radius 1 is 1.29 bits per heavy atom. The van der Waals surface area contributed by atoms with Gasteiger partial charge < -0.3 is 0 Å². The van der Waals surface area contributed by atoms with Crippen LogP contribution in [0.4, 0.5) is 0 Å². The van der Waals surface area contributed by atoms with Crippen LogP contribution in [0, 0.1) is 16.7 Å². The van der Waals surface area contributed by atoms with E-state index in [0.29, 0.717) is 5.41 Å². The molecule has 0 fully saturated rings. The average Bonchev–Trinajstić information content (AvgIpc) is 2.54. The zero-order valence-corrected chi connectivity index (χ0v) is 9.30. The molecule has 0 aliphatic heterocycles. The van der Waals surface area contributed by atoms with E-state index in [0.717, 1.165) is 5.92 Å². The molecule has 14 heavy (non-hydrogen) atoms. The van der Waals surface area contributed by atoms with Gasteiger partial charge in [0.05, 0.1) is 0 Å². The fraction of sp³-hybridized carbons (Fsp3) is 0.571. The maximum absolute atomic E-state index is 2.43. The third-order valence-corrected chi connectivity index (χ3v) is 4.27. The minimum atomic E-state index is 0.289. The molecule has 2 atom stereocenters. The van der Waals surface area contributed by atoms with Crippen LogP contribution in [-0.2, 0) is 0 Å². The summed E-state index contributed by atoms with van der Waals surface area (Å²) in [5.41, 5.74) is 4.10. The van der Waals surface area contributed by atoms with Crippen molar-refractivity contribution >= 4 is 0 Å². The number of hydrogen-bond donors (Lipinski definition) is 0. The van der Waals surface area contributed by atoms with Gasteiger partial charge in [0.15, 0.2) is 0 Å². The van der Waals surface area contributed by atoms with E-state index in [2.05, 4.69) is 45.1 Å². The SMILES string of the molecule is CC1(C)C=CCC2(C)CC3C=CC2=C31. The highest BCUT2D eigenvalue weighted by Crippen LogP contribution is 2.59. The Bertz CT molecular complexity index is 379. The lowest BCUT2D eigenvalue weighted by atomic mass is 9.75. The zero-order chi connectivity index (χ0) is 9.97. The van der Waals surface area contributed by atoms with Gasteiger partial charge in [0.2, 0.25) is 0 Å². The Balaban J connectivity index is 2.22. The molecule has 0 saturated carbocycles. The molecule has 74 valence electrons. The Hall–Kier alpha value is -0.780. The quantitative estimate of drug-likeness (QED) is 0.504. The van der Waals surface area contributed by atoms with E-state index >= 15 is 0 Å². The molecule has 0 heterocycles. The van der Waals surface area contributed by atoms with Crippen molar-refractivity contribution in [3.05, 3.63) is 35.5 Å². The molecule has 3 aliphatic carbocycles. The lowest BCUT2D eigenvalue weighted by Gasteiger charge is -2.29. The summed E-state index contributed by atoms with van der Waals surface area (Å²) in [4.78, 5) is 0. The minimum Gasteiger partial charge on any atom is -0.0868 e. The predicted octanol–water partition coefficient (Wildman–Crippen LogP) is 3.87. The first-order chi connectivity index (χ1) is 6.53. The molecule has 0 radical (unpaired) electrons. The van der Waals surface area contributed by atoms with Gasteiger partial charge in [-0.2, -0.15) is 0 Å². The second kappa shape index (κ2) is 2.24. The van der Waals surface area contributed by atoms with Gasteiger partial charge >= 0.3 is 0 Å². The molecule has 3 rings (SSSR count). The van der Waals surface area contributed by atoms with Crippen LogP contribution >= 0.6 is 0 Å². The standard InChI is InChI=1S/C14H18/c1-13(2)7-4-8-14(3)9-10-5-6-11(14)12(10)13/h4-7,10H,8-9H2,1-3H3. The molecule has 0 aromatic rings. The lowest BCUT2D eigenvalue weighted by Crippen LogP contribution is -2.18.